The van der Waals surface area contributed by atoms with E-state index in [1.54, 1.807) is 31.2 Å². The SMILES string of the molecule is CCCS(=O)(=O)c1ccc(N2C(=O)c3ccccc3C2=O)cc1. The summed E-state index contributed by atoms with van der Waals surface area (Å²) >= 11 is 0. The standard InChI is InChI=1S/C17H15NO4S/c1-2-11-23(21,22)13-9-7-12(8-10-13)18-16(19)14-5-3-4-6-15(14)17(18)20/h3-10H,2,11H2,1H3. The fourth-order valence-electron chi connectivity index (χ4n) is 2.61. The van der Waals surface area contributed by atoms with Gasteiger partial charge in [0.25, 0.3) is 11.8 Å². The van der Waals surface area contributed by atoms with Gasteiger partial charge < -0.3 is 0 Å². The molecule has 2 amide bonds. The number of imide groups is 1. The monoisotopic (exact) mass is 329 g/mol. The van der Waals surface area contributed by atoms with E-state index in [2.05, 4.69) is 0 Å². The third-order valence-electron chi connectivity index (χ3n) is 3.72. The molecular formula is C17H15NO4S. The summed E-state index contributed by atoms with van der Waals surface area (Å²) in [6, 6.07) is 12.5. The Hall–Kier alpha value is -2.47. The Morgan fingerprint density at radius 3 is 1.87 bits per heavy atom. The Morgan fingerprint density at radius 2 is 1.39 bits per heavy atom. The van der Waals surface area contributed by atoms with Crippen molar-refractivity contribution in [1.29, 1.82) is 0 Å². The van der Waals surface area contributed by atoms with E-state index in [9.17, 15) is 18.0 Å². The fourth-order valence-corrected chi connectivity index (χ4v) is 3.94. The molecule has 118 valence electrons. The molecule has 6 heteroatoms. The molecule has 5 nitrogen and oxygen atoms in total. The first kappa shape index (κ1) is 15.4. The summed E-state index contributed by atoms with van der Waals surface area (Å²) in [6.07, 6.45) is 0.530. The molecule has 2 aromatic carbocycles. The summed E-state index contributed by atoms with van der Waals surface area (Å²) in [7, 11) is -3.32. The second-order valence-electron chi connectivity index (χ2n) is 5.30. The number of fused-ring (bicyclic) bond motifs is 1. The first-order chi connectivity index (χ1) is 11.0. The summed E-state index contributed by atoms with van der Waals surface area (Å²) in [4.78, 5) is 26.0. The second kappa shape index (κ2) is 5.62. The lowest BCUT2D eigenvalue weighted by atomic mass is 10.1. The van der Waals surface area contributed by atoms with Gasteiger partial charge in [-0.3, -0.25) is 9.59 Å². The maximum atomic E-state index is 12.4. The Balaban J connectivity index is 1.96. The van der Waals surface area contributed by atoms with Crippen molar-refractivity contribution >= 4 is 27.3 Å². The molecule has 0 saturated heterocycles. The Kier molecular flexibility index (Phi) is 3.77. The minimum absolute atomic E-state index is 0.0688. The maximum absolute atomic E-state index is 12.4. The Labute approximate surface area is 134 Å². The zero-order valence-corrected chi connectivity index (χ0v) is 13.3. The smallest absolute Gasteiger partial charge is 0.266 e. The number of anilines is 1. The molecule has 0 N–H and O–H groups in total. The highest BCUT2D eigenvalue weighted by Crippen LogP contribution is 2.29. The molecule has 0 radical (unpaired) electrons. The van der Waals surface area contributed by atoms with Gasteiger partial charge in [-0.2, -0.15) is 0 Å². The van der Waals surface area contributed by atoms with E-state index in [-0.39, 0.29) is 10.6 Å². The van der Waals surface area contributed by atoms with E-state index in [1.165, 1.54) is 24.3 Å². The molecule has 0 saturated carbocycles. The summed E-state index contributed by atoms with van der Waals surface area (Å²) in [5, 5.41) is 0. The predicted octanol–water partition coefficient (Wildman–Crippen LogP) is 2.67. The number of hydrogen-bond donors (Lipinski definition) is 0. The van der Waals surface area contributed by atoms with Gasteiger partial charge in [-0.1, -0.05) is 19.1 Å². The van der Waals surface area contributed by atoms with Gasteiger partial charge in [0.1, 0.15) is 0 Å². The largest absolute Gasteiger partial charge is 0.268 e. The quantitative estimate of drug-likeness (QED) is 0.809. The second-order valence-corrected chi connectivity index (χ2v) is 7.41. The molecule has 1 heterocycles. The van der Waals surface area contributed by atoms with Crippen LogP contribution >= 0.6 is 0 Å². The van der Waals surface area contributed by atoms with Crippen LogP contribution in [0.3, 0.4) is 0 Å². The molecule has 2 aromatic rings. The number of nitrogens with zero attached hydrogens (tertiary/aromatic N) is 1. The molecular weight excluding hydrogens is 314 g/mol. The van der Waals surface area contributed by atoms with Gasteiger partial charge in [0, 0.05) is 0 Å². The molecule has 3 rings (SSSR count). The maximum Gasteiger partial charge on any atom is 0.266 e. The Bertz CT molecular complexity index is 850. The lowest BCUT2D eigenvalue weighted by Crippen LogP contribution is -2.29. The number of carbonyl (C=O) groups is 2. The van der Waals surface area contributed by atoms with Crippen molar-refractivity contribution in [2.75, 3.05) is 10.7 Å². The van der Waals surface area contributed by atoms with Crippen LogP contribution in [0.15, 0.2) is 53.4 Å². The molecule has 1 aliphatic rings. The van der Waals surface area contributed by atoms with Gasteiger partial charge in [0.15, 0.2) is 9.84 Å². The van der Waals surface area contributed by atoms with Gasteiger partial charge in [-0.15, -0.1) is 0 Å². The minimum Gasteiger partial charge on any atom is -0.268 e. The van der Waals surface area contributed by atoms with E-state index >= 15 is 0 Å². The van der Waals surface area contributed by atoms with Crippen LogP contribution in [0, 0.1) is 0 Å². The molecule has 1 aliphatic heterocycles. The summed E-state index contributed by atoms with van der Waals surface area (Å²) in [5.41, 5.74) is 1.09. The van der Waals surface area contributed by atoms with Crippen molar-refractivity contribution in [3.05, 3.63) is 59.7 Å². The number of rotatable bonds is 4. The average molecular weight is 329 g/mol. The Morgan fingerprint density at radius 1 is 0.870 bits per heavy atom. The van der Waals surface area contributed by atoms with Crippen LogP contribution in [0.4, 0.5) is 5.69 Å². The molecule has 0 bridgehead atoms. The summed E-state index contributed by atoms with van der Waals surface area (Å²) in [5.74, 6) is -0.719. The van der Waals surface area contributed by atoms with Crippen LogP contribution in [0.1, 0.15) is 34.1 Å². The zero-order valence-electron chi connectivity index (χ0n) is 12.5. The van der Waals surface area contributed by atoms with Crippen molar-refractivity contribution in [1.82, 2.24) is 0 Å². The van der Waals surface area contributed by atoms with Crippen LogP contribution < -0.4 is 4.90 Å². The van der Waals surface area contributed by atoms with E-state index < -0.39 is 21.7 Å². The number of sulfone groups is 1. The van der Waals surface area contributed by atoms with Crippen LogP contribution in [-0.4, -0.2) is 26.0 Å². The predicted molar refractivity (Wildman–Crippen MR) is 86.4 cm³/mol. The van der Waals surface area contributed by atoms with Crippen LogP contribution in [-0.2, 0) is 9.84 Å². The summed E-state index contributed by atoms with van der Waals surface area (Å²) in [6.45, 7) is 1.80. The van der Waals surface area contributed by atoms with Gasteiger partial charge in [0.05, 0.1) is 27.5 Å². The number of benzene rings is 2. The van der Waals surface area contributed by atoms with Crippen LogP contribution in [0.5, 0.6) is 0 Å². The molecule has 0 unspecified atom stereocenters. The van der Waals surface area contributed by atoms with Crippen molar-refractivity contribution < 1.29 is 18.0 Å². The zero-order chi connectivity index (χ0) is 16.6. The molecule has 0 atom stereocenters. The van der Waals surface area contributed by atoms with Crippen molar-refractivity contribution in [3.63, 3.8) is 0 Å². The van der Waals surface area contributed by atoms with Gasteiger partial charge in [0.2, 0.25) is 0 Å². The number of hydrogen-bond acceptors (Lipinski definition) is 4. The van der Waals surface area contributed by atoms with E-state index in [0.717, 1.165) is 4.90 Å². The molecule has 0 aliphatic carbocycles. The molecule has 23 heavy (non-hydrogen) atoms. The van der Waals surface area contributed by atoms with E-state index in [1.807, 2.05) is 0 Å². The molecule has 0 fully saturated rings. The summed E-state index contributed by atoms with van der Waals surface area (Å²) < 4.78 is 24.0. The number of amides is 2. The highest BCUT2D eigenvalue weighted by atomic mass is 32.2. The third-order valence-corrected chi connectivity index (χ3v) is 5.66. The van der Waals surface area contributed by atoms with Crippen LogP contribution in [0.2, 0.25) is 0 Å². The first-order valence-electron chi connectivity index (χ1n) is 7.26. The van der Waals surface area contributed by atoms with Gasteiger partial charge in [-0.25, -0.2) is 13.3 Å². The molecule has 0 aromatic heterocycles. The molecule has 0 spiro atoms. The van der Waals surface area contributed by atoms with Gasteiger partial charge >= 0.3 is 0 Å². The highest BCUT2D eigenvalue weighted by molar-refractivity contribution is 7.91. The average Bonchev–Trinajstić information content (AvgIpc) is 2.79. The van der Waals surface area contributed by atoms with Crippen molar-refractivity contribution in [3.8, 4) is 0 Å². The fraction of sp³-hybridized carbons (Fsp3) is 0.176. The first-order valence-corrected chi connectivity index (χ1v) is 8.91. The number of carbonyl (C=O) groups excluding carboxylic acids is 2. The van der Waals surface area contributed by atoms with Crippen molar-refractivity contribution in [2.24, 2.45) is 0 Å². The van der Waals surface area contributed by atoms with Crippen LogP contribution in [0.25, 0.3) is 0 Å². The minimum atomic E-state index is -3.32. The normalized spacial score (nSPS) is 14.2. The van der Waals surface area contributed by atoms with Crippen molar-refractivity contribution in [2.45, 2.75) is 18.2 Å². The highest BCUT2D eigenvalue weighted by Gasteiger charge is 2.36. The van der Waals surface area contributed by atoms with Gasteiger partial charge in [-0.05, 0) is 42.8 Å². The third kappa shape index (κ3) is 2.55. The topological polar surface area (TPSA) is 71.5 Å². The lowest BCUT2D eigenvalue weighted by Gasteiger charge is -2.14. The lowest BCUT2D eigenvalue weighted by molar-refractivity contribution is 0.0926. The van der Waals surface area contributed by atoms with E-state index in [0.29, 0.717) is 23.2 Å². The van der Waals surface area contributed by atoms with E-state index in [4.69, 9.17) is 0 Å².